The molecule has 1 heteroatoms. The van der Waals surface area contributed by atoms with E-state index in [4.69, 9.17) is 0 Å². The van der Waals surface area contributed by atoms with Crippen molar-refractivity contribution in [3.8, 4) is 11.1 Å². The first kappa shape index (κ1) is 18.8. The van der Waals surface area contributed by atoms with E-state index in [0.717, 1.165) is 4.47 Å². The van der Waals surface area contributed by atoms with Crippen molar-refractivity contribution in [2.75, 3.05) is 0 Å². The van der Waals surface area contributed by atoms with Crippen molar-refractivity contribution >= 4 is 69.8 Å². The molecule has 0 amide bonds. The summed E-state index contributed by atoms with van der Waals surface area (Å²) in [6.45, 7) is 0. The lowest BCUT2D eigenvalue weighted by molar-refractivity contribution is 1.70. The van der Waals surface area contributed by atoms with Crippen LogP contribution >= 0.6 is 15.9 Å². The summed E-state index contributed by atoms with van der Waals surface area (Å²) in [6, 6.07) is 42.1. The highest BCUT2D eigenvalue weighted by Crippen LogP contribution is 2.43. The Bertz CT molecular complexity index is 1880. The van der Waals surface area contributed by atoms with Crippen LogP contribution < -0.4 is 0 Å². The molecule has 0 spiro atoms. The van der Waals surface area contributed by atoms with Gasteiger partial charge in [-0.15, -0.1) is 0 Å². The van der Waals surface area contributed by atoms with Crippen molar-refractivity contribution in [1.82, 2.24) is 0 Å². The maximum atomic E-state index is 3.69. The molecule has 33 heavy (non-hydrogen) atoms. The van der Waals surface area contributed by atoms with Crippen LogP contribution in [0.1, 0.15) is 0 Å². The van der Waals surface area contributed by atoms with Gasteiger partial charge in [0.2, 0.25) is 0 Å². The summed E-state index contributed by atoms with van der Waals surface area (Å²) in [5.74, 6) is 0. The van der Waals surface area contributed by atoms with E-state index in [9.17, 15) is 0 Å². The molecule has 0 nitrogen and oxygen atoms in total. The second kappa shape index (κ2) is 7.16. The topological polar surface area (TPSA) is 0 Å². The third-order valence-electron chi connectivity index (χ3n) is 6.86. The molecule has 0 atom stereocenters. The zero-order valence-electron chi connectivity index (χ0n) is 17.8. The van der Waals surface area contributed by atoms with E-state index >= 15 is 0 Å². The molecule has 7 aromatic carbocycles. The molecule has 7 rings (SSSR count). The highest BCUT2D eigenvalue weighted by Gasteiger charge is 2.15. The van der Waals surface area contributed by atoms with E-state index in [0.29, 0.717) is 0 Å². The van der Waals surface area contributed by atoms with Gasteiger partial charge in [-0.25, -0.2) is 0 Å². The van der Waals surface area contributed by atoms with Gasteiger partial charge < -0.3 is 0 Å². The van der Waals surface area contributed by atoms with Crippen LogP contribution in [-0.2, 0) is 0 Å². The summed E-state index contributed by atoms with van der Waals surface area (Å²) < 4.78 is 1.11. The maximum absolute atomic E-state index is 3.69. The van der Waals surface area contributed by atoms with Gasteiger partial charge in [-0.05, 0) is 89.3 Å². The van der Waals surface area contributed by atoms with Crippen LogP contribution in [0, 0.1) is 0 Å². The molecule has 0 N–H and O–H groups in total. The van der Waals surface area contributed by atoms with E-state index in [2.05, 4.69) is 131 Å². The number of halogens is 1. The fourth-order valence-electron chi connectivity index (χ4n) is 5.38. The van der Waals surface area contributed by atoms with Gasteiger partial charge in [-0.3, -0.25) is 0 Å². The Balaban J connectivity index is 1.71. The smallest absolute Gasteiger partial charge is 0.0181 e. The summed E-state index contributed by atoms with van der Waals surface area (Å²) in [5.41, 5.74) is 2.54. The van der Waals surface area contributed by atoms with Gasteiger partial charge in [0, 0.05) is 4.47 Å². The molecule has 0 unspecified atom stereocenters. The van der Waals surface area contributed by atoms with Crippen LogP contribution in [-0.4, -0.2) is 0 Å². The van der Waals surface area contributed by atoms with E-state index in [1.54, 1.807) is 0 Å². The van der Waals surface area contributed by atoms with Crippen LogP contribution in [0.15, 0.2) is 120 Å². The molecule has 0 fully saturated rings. The lowest BCUT2D eigenvalue weighted by atomic mass is 9.87. The second-order valence-corrected chi connectivity index (χ2v) is 9.61. The van der Waals surface area contributed by atoms with Crippen molar-refractivity contribution in [3.05, 3.63) is 120 Å². The average Bonchev–Trinajstić information content (AvgIpc) is 2.88. The fraction of sp³-hybridized carbons (Fsp3) is 0. The highest BCUT2D eigenvalue weighted by atomic mass is 79.9. The van der Waals surface area contributed by atoms with Gasteiger partial charge in [-0.1, -0.05) is 107 Å². The Morgan fingerprint density at radius 2 is 1.03 bits per heavy atom. The van der Waals surface area contributed by atoms with Crippen LogP contribution in [0.5, 0.6) is 0 Å². The third kappa shape index (κ3) is 2.83. The van der Waals surface area contributed by atoms with Gasteiger partial charge in [0.15, 0.2) is 0 Å². The zero-order valence-corrected chi connectivity index (χ0v) is 19.4. The molecule has 0 aromatic heterocycles. The lowest BCUT2D eigenvalue weighted by Gasteiger charge is -2.16. The van der Waals surface area contributed by atoms with E-state index in [1.165, 1.54) is 65.0 Å². The highest BCUT2D eigenvalue weighted by molar-refractivity contribution is 9.10. The molecule has 154 valence electrons. The predicted octanol–water partition coefficient (Wildman–Crippen LogP) is 9.88. The number of rotatable bonds is 1. The van der Waals surface area contributed by atoms with Crippen LogP contribution in [0.4, 0.5) is 0 Å². The van der Waals surface area contributed by atoms with E-state index < -0.39 is 0 Å². The molecular weight excluding hydrogens is 464 g/mol. The molecule has 7 aromatic rings. The van der Waals surface area contributed by atoms with Gasteiger partial charge in [-0.2, -0.15) is 0 Å². The van der Waals surface area contributed by atoms with E-state index in [-0.39, 0.29) is 0 Å². The Kier molecular flexibility index (Phi) is 4.09. The fourth-order valence-corrected chi connectivity index (χ4v) is 5.74. The first-order valence-electron chi connectivity index (χ1n) is 11.2. The minimum Gasteiger partial charge on any atom is -0.0616 e. The molecule has 0 aliphatic heterocycles. The number of fused-ring (bicyclic) bond motifs is 9. The largest absolute Gasteiger partial charge is 0.0616 e. The van der Waals surface area contributed by atoms with Crippen molar-refractivity contribution < 1.29 is 0 Å². The summed E-state index contributed by atoms with van der Waals surface area (Å²) in [6.07, 6.45) is 0. The van der Waals surface area contributed by atoms with Crippen molar-refractivity contribution in [1.29, 1.82) is 0 Å². The molecular formula is C32H19Br. The summed E-state index contributed by atoms with van der Waals surface area (Å²) in [5, 5.41) is 13.0. The minimum atomic E-state index is 1.11. The molecule has 0 aliphatic carbocycles. The molecule has 0 heterocycles. The zero-order chi connectivity index (χ0) is 21.9. The number of hydrogen-bond acceptors (Lipinski definition) is 0. The number of hydrogen-bond donors (Lipinski definition) is 0. The first-order valence-corrected chi connectivity index (χ1v) is 12.0. The Hall–Kier alpha value is -3.68. The van der Waals surface area contributed by atoms with E-state index in [1.807, 2.05) is 0 Å². The summed E-state index contributed by atoms with van der Waals surface area (Å²) in [4.78, 5) is 0. The summed E-state index contributed by atoms with van der Waals surface area (Å²) in [7, 11) is 0. The van der Waals surface area contributed by atoms with Crippen LogP contribution in [0.2, 0.25) is 0 Å². The summed E-state index contributed by atoms with van der Waals surface area (Å²) >= 11 is 3.69. The molecule has 0 aliphatic rings. The Morgan fingerprint density at radius 3 is 1.85 bits per heavy atom. The quantitative estimate of drug-likeness (QED) is 0.204. The monoisotopic (exact) mass is 482 g/mol. The van der Waals surface area contributed by atoms with Gasteiger partial charge in [0.05, 0.1) is 0 Å². The average molecular weight is 483 g/mol. The minimum absolute atomic E-state index is 1.11. The van der Waals surface area contributed by atoms with Gasteiger partial charge >= 0.3 is 0 Å². The SMILES string of the molecule is Brc1ccc2c(c1)c1ccccc1c1cc(-c3ccc4ccccc4c3)c3ccccc3c21. The molecule has 0 saturated carbocycles. The van der Waals surface area contributed by atoms with Crippen molar-refractivity contribution in [3.63, 3.8) is 0 Å². The normalized spacial score (nSPS) is 11.8. The molecule has 0 saturated heterocycles. The van der Waals surface area contributed by atoms with Crippen LogP contribution in [0.3, 0.4) is 0 Å². The predicted molar refractivity (Wildman–Crippen MR) is 147 cm³/mol. The second-order valence-electron chi connectivity index (χ2n) is 8.69. The van der Waals surface area contributed by atoms with Crippen molar-refractivity contribution in [2.24, 2.45) is 0 Å². The maximum Gasteiger partial charge on any atom is 0.0181 e. The molecule has 0 radical (unpaired) electrons. The third-order valence-corrected chi connectivity index (χ3v) is 7.36. The van der Waals surface area contributed by atoms with Gasteiger partial charge in [0.1, 0.15) is 0 Å². The molecule has 0 bridgehead atoms. The Labute approximate surface area is 200 Å². The Morgan fingerprint density at radius 1 is 0.394 bits per heavy atom. The lowest BCUT2D eigenvalue weighted by Crippen LogP contribution is -1.89. The number of benzene rings is 7. The van der Waals surface area contributed by atoms with Gasteiger partial charge in [0.25, 0.3) is 0 Å². The van der Waals surface area contributed by atoms with Crippen molar-refractivity contribution in [2.45, 2.75) is 0 Å². The standard InChI is InChI=1S/C32H19Br/c33-23-15-16-28-30(18-23)24-9-3-4-10-25(24)31-19-29(26-11-5-6-12-27(26)32(28)31)22-14-13-20-7-1-2-8-21(20)17-22/h1-19H. The van der Waals surface area contributed by atoms with Crippen LogP contribution in [0.25, 0.3) is 65.0 Å². The first-order chi connectivity index (χ1) is 16.3.